The van der Waals surface area contributed by atoms with Crippen molar-refractivity contribution in [2.24, 2.45) is 11.8 Å². The molecule has 238 valence electrons. The minimum Gasteiger partial charge on any atom is -0.492 e. The van der Waals surface area contributed by atoms with Gasteiger partial charge in [-0.1, -0.05) is 59.2 Å². The topological polar surface area (TPSA) is 53.0 Å². The van der Waals surface area contributed by atoms with E-state index in [1.54, 1.807) is 0 Å². The van der Waals surface area contributed by atoms with Crippen molar-refractivity contribution in [3.05, 3.63) is 48.0 Å². The second-order valence-electron chi connectivity index (χ2n) is 9.97. The largest absolute Gasteiger partial charge is 0.492 e. The molecule has 0 aromatic heterocycles. The van der Waals surface area contributed by atoms with Gasteiger partial charge in [0.15, 0.2) is 0 Å². The summed E-state index contributed by atoms with van der Waals surface area (Å²) in [6.45, 7) is 11.5. The Morgan fingerprint density at radius 1 is 1.05 bits per heavy atom. The fraction of sp³-hybridized carbons (Fsp3) is 0.581. The molecule has 4 rings (SSSR count). The van der Waals surface area contributed by atoms with Crippen LogP contribution in [0.3, 0.4) is 0 Å². The average Bonchev–Trinajstić information content (AvgIpc) is 3.77. The number of rotatable bonds is 7. The SMILES string of the molecule is CC.CCC.CCC(C)(F)F.CN1CCN(c2ccccc2)c2cc(C(F)(F)F)c(OCC(C(=O)O)C3CC3)cc2S1. The zero-order valence-electron chi connectivity index (χ0n) is 25.6. The molecule has 1 N–H and O–H groups in total. The van der Waals surface area contributed by atoms with Crippen molar-refractivity contribution < 1.29 is 36.6 Å². The van der Waals surface area contributed by atoms with Gasteiger partial charge in [0.05, 0.1) is 22.1 Å². The number of fused-ring (bicyclic) bond motifs is 1. The molecule has 0 bridgehead atoms. The lowest BCUT2D eigenvalue weighted by Gasteiger charge is -2.26. The number of para-hydroxylation sites is 1. The maximum absolute atomic E-state index is 13.9. The van der Waals surface area contributed by atoms with E-state index in [4.69, 9.17) is 4.74 Å². The summed E-state index contributed by atoms with van der Waals surface area (Å²) in [5.74, 6) is -4.64. The highest BCUT2D eigenvalue weighted by atomic mass is 32.2. The number of hydrogen-bond acceptors (Lipinski definition) is 5. The average molecular weight is 621 g/mol. The van der Waals surface area contributed by atoms with Crippen LogP contribution in [0.4, 0.5) is 33.3 Å². The molecule has 2 aromatic carbocycles. The number of carboxylic acid groups (broad SMARTS) is 1. The van der Waals surface area contributed by atoms with Crippen LogP contribution >= 0.6 is 11.9 Å². The zero-order chi connectivity index (χ0) is 32.1. The molecule has 1 aliphatic carbocycles. The normalized spacial score (nSPS) is 15.8. The molecule has 1 unspecified atom stereocenters. The number of ether oxygens (including phenoxy) is 1. The summed E-state index contributed by atoms with van der Waals surface area (Å²) in [5, 5.41) is 9.40. The van der Waals surface area contributed by atoms with Gasteiger partial charge in [-0.05, 0) is 68.9 Å². The molecule has 11 heteroatoms. The minimum absolute atomic E-state index is 0.0262. The third-order valence-electron chi connectivity index (χ3n) is 6.17. The first kappa shape index (κ1) is 37.5. The van der Waals surface area contributed by atoms with Gasteiger partial charge < -0.3 is 14.7 Å². The van der Waals surface area contributed by atoms with E-state index < -0.39 is 29.5 Å². The molecule has 2 aromatic rings. The zero-order valence-corrected chi connectivity index (χ0v) is 26.4. The molecular weight excluding hydrogens is 575 g/mol. The molecule has 1 atom stereocenters. The van der Waals surface area contributed by atoms with Gasteiger partial charge in [-0.25, -0.2) is 13.1 Å². The Morgan fingerprint density at radius 2 is 1.60 bits per heavy atom. The van der Waals surface area contributed by atoms with Crippen LogP contribution in [0, 0.1) is 11.8 Å². The van der Waals surface area contributed by atoms with Gasteiger partial charge in [-0.3, -0.25) is 4.79 Å². The van der Waals surface area contributed by atoms with Crippen LogP contribution in [0.15, 0.2) is 47.4 Å². The molecule has 0 radical (unpaired) electrons. The maximum Gasteiger partial charge on any atom is 0.420 e. The molecule has 0 saturated heterocycles. The predicted molar refractivity (Wildman–Crippen MR) is 161 cm³/mol. The van der Waals surface area contributed by atoms with Crippen LogP contribution < -0.4 is 9.64 Å². The molecule has 0 amide bonds. The highest BCUT2D eigenvalue weighted by Crippen LogP contribution is 2.47. The molecule has 1 heterocycles. The lowest BCUT2D eigenvalue weighted by molar-refractivity contribution is -0.143. The van der Waals surface area contributed by atoms with Crippen LogP contribution in [0.25, 0.3) is 0 Å². The highest BCUT2D eigenvalue weighted by molar-refractivity contribution is 7.97. The second kappa shape index (κ2) is 17.6. The molecular formula is C31H45F5N2O3S. The number of benzene rings is 2. The summed E-state index contributed by atoms with van der Waals surface area (Å²) in [4.78, 5) is 14.0. The number of halogens is 5. The van der Waals surface area contributed by atoms with E-state index >= 15 is 0 Å². The molecule has 1 aliphatic heterocycles. The Bertz CT molecular complexity index is 1080. The number of hydrogen-bond donors (Lipinski definition) is 1. The van der Waals surface area contributed by atoms with Gasteiger partial charge in [0.2, 0.25) is 5.92 Å². The number of carboxylic acids is 1. The summed E-state index contributed by atoms with van der Waals surface area (Å²) in [7, 11) is 1.88. The fourth-order valence-corrected chi connectivity index (χ4v) is 4.64. The Hall–Kier alpha value is -2.53. The number of carbonyl (C=O) groups is 1. The van der Waals surface area contributed by atoms with E-state index in [9.17, 15) is 31.9 Å². The first-order valence-electron chi connectivity index (χ1n) is 14.4. The Morgan fingerprint density at radius 3 is 2.05 bits per heavy atom. The molecule has 1 saturated carbocycles. The molecule has 2 aliphatic rings. The summed E-state index contributed by atoms with van der Waals surface area (Å²) in [6.07, 6.45) is -1.91. The molecule has 1 fully saturated rings. The lowest BCUT2D eigenvalue weighted by Crippen LogP contribution is -2.25. The van der Waals surface area contributed by atoms with Gasteiger partial charge in [0.25, 0.3) is 0 Å². The minimum atomic E-state index is -4.63. The first-order chi connectivity index (χ1) is 19.7. The molecule has 0 spiro atoms. The lowest BCUT2D eigenvalue weighted by atomic mass is 10.1. The third kappa shape index (κ3) is 12.4. The van der Waals surface area contributed by atoms with Crippen molar-refractivity contribution in [1.82, 2.24) is 4.31 Å². The van der Waals surface area contributed by atoms with E-state index in [0.717, 1.165) is 31.5 Å². The standard InChI is InChI=1S/C22H23F3N2O3S.C4H8F2.C3H8.C2H6/c1-26-9-10-27(15-5-3-2-4-6-15)18-11-17(22(23,24)25)19(12-20(18)31-26)30-13-16(21(28)29)14-7-8-14;1-3-4(2,5)6;1-3-2;1-2/h2-6,11-12,14,16H,7-10,13H2,1H3,(H,28,29);3H2,1-2H3;3H2,1-2H3;1-2H3. The Balaban J connectivity index is 0.000000694. The molecule has 42 heavy (non-hydrogen) atoms. The molecule has 5 nitrogen and oxygen atoms in total. The quantitative estimate of drug-likeness (QED) is 0.246. The fourth-order valence-electron chi connectivity index (χ4n) is 3.71. The van der Waals surface area contributed by atoms with Crippen molar-refractivity contribution in [3.63, 3.8) is 0 Å². The maximum atomic E-state index is 13.9. The number of aliphatic carboxylic acids is 1. The van der Waals surface area contributed by atoms with E-state index in [0.29, 0.717) is 23.7 Å². The van der Waals surface area contributed by atoms with Crippen LogP contribution in [-0.2, 0) is 11.0 Å². The highest BCUT2D eigenvalue weighted by Gasteiger charge is 2.40. The smallest absolute Gasteiger partial charge is 0.420 e. The first-order valence-corrected chi connectivity index (χ1v) is 15.2. The van der Waals surface area contributed by atoms with Gasteiger partial charge in [-0.2, -0.15) is 13.2 Å². The number of nitrogens with zero attached hydrogens (tertiary/aromatic N) is 2. The summed E-state index contributed by atoms with van der Waals surface area (Å²) >= 11 is 1.35. The monoisotopic (exact) mass is 620 g/mol. The Kier molecular flexibility index (Phi) is 15.7. The van der Waals surface area contributed by atoms with Gasteiger partial charge in [0.1, 0.15) is 12.4 Å². The van der Waals surface area contributed by atoms with E-state index in [2.05, 4.69) is 13.8 Å². The van der Waals surface area contributed by atoms with Crippen LogP contribution in [-0.4, -0.2) is 48.0 Å². The predicted octanol–water partition coefficient (Wildman–Crippen LogP) is 9.78. The number of likely N-dealkylation sites (N-methyl/N-ethyl adjacent to an activating group) is 1. The number of alkyl halides is 5. The van der Waals surface area contributed by atoms with Crippen LogP contribution in [0.1, 0.15) is 72.8 Å². The van der Waals surface area contributed by atoms with Crippen LogP contribution in [0.5, 0.6) is 5.75 Å². The summed E-state index contributed by atoms with van der Waals surface area (Å²) in [6, 6.07) is 11.8. The summed E-state index contributed by atoms with van der Waals surface area (Å²) in [5.41, 5.74) is 0.371. The van der Waals surface area contributed by atoms with Gasteiger partial charge in [-0.15, -0.1) is 0 Å². The van der Waals surface area contributed by atoms with Gasteiger partial charge >= 0.3 is 12.1 Å². The van der Waals surface area contributed by atoms with Crippen LogP contribution in [0.2, 0.25) is 0 Å². The summed E-state index contributed by atoms with van der Waals surface area (Å²) < 4.78 is 72.2. The van der Waals surface area contributed by atoms with Crippen molar-refractivity contribution in [2.75, 3.05) is 31.6 Å². The van der Waals surface area contributed by atoms with Crippen molar-refractivity contribution in [1.29, 1.82) is 0 Å². The second-order valence-corrected chi connectivity index (χ2v) is 11.2. The third-order valence-corrected chi connectivity index (χ3v) is 7.18. The number of anilines is 2. The Labute approximate surface area is 251 Å². The van der Waals surface area contributed by atoms with E-state index in [1.807, 2.05) is 60.4 Å². The van der Waals surface area contributed by atoms with Gasteiger partial charge in [0, 0.05) is 25.2 Å². The van der Waals surface area contributed by atoms with E-state index in [-0.39, 0.29) is 24.7 Å². The van der Waals surface area contributed by atoms with E-state index in [1.165, 1.54) is 31.4 Å². The van der Waals surface area contributed by atoms with Crippen molar-refractivity contribution in [2.45, 2.75) is 84.2 Å². The van der Waals surface area contributed by atoms with Crippen molar-refractivity contribution in [3.8, 4) is 5.75 Å². The van der Waals surface area contributed by atoms with Crippen molar-refractivity contribution >= 4 is 29.3 Å².